The standard InChI is InChI=1S/C13H15NO3S/c15-9-1-2-11-3-5-12(6-4-11)10-14-18(16,17)13-7-8-13/h3-6,13-15H,7-10H2. The van der Waals surface area contributed by atoms with E-state index in [0.29, 0.717) is 6.54 Å². The lowest BCUT2D eigenvalue weighted by molar-refractivity contribution is 0.350. The minimum Gasteiger partial charge on any atom is -0.384 e. The number of rotatable bonds is 4. The van der Waals surface area contributed by atoms with Gasteiger partial charge in [-0.3, -0.25) is 0 Å². The van der Waals surface area contributed by atoms with Crippen LogP contribution in [0.15, 0.2) is 24.3 Å². The van der Waals surface area contributed by atoms with E-state index in [1.165, 1.54) is 0 Å². The van der Waals surface area contributed by atoms with E-state index < -0.39 is 10.0 Å². The van der Waals surface area contributed by atoms with Crippen LogP contribution in [-0.4, -0.2) is 25.4 Å². The molecule has 1 saturated carbocycles. The highest BCUT2D eigenvalue weighted by molar-refractivity contribution is 7.90. The number of aliphatic hydroxyl groups is 1. The first-order chi connectivity index (χ1) is 8.62. The SMILES string of the molecule is O=S(=O)(NCc1ccc(C#CCO)cc1)C1CC1. The van der Waals surface area contributed by atoms with Gasteiger partial charge in [-0.2, -0.15) is 0 Å². The van der Waals surface area contributed by atoms with Crippen molar-refractivity contribution in [2.24, 2.45) is 0 Å². The smallest absolute Gasteiger partial charge is 0.214 e. The van der Waals surface area contributed by atoms with Gasteiger partial charge in [-0.15, -0.1) is 0 Å². The molecule has 0 radical (unpaired) electrons. The molecule has 1 aliphatic rings. The fourth-order valence-corrected chi connectivity index (χ4v) is 2.89. The molecule has 2 rings (SSSR count). The molecule has 0 saturated heterocycles. The molecule has 4 nitrogen and oxygen atoms in total. The minimum atomic E-state index is -3.12. The first-order valence-electron chi connectivity index (χ1n) is 5.79. The van der Waals surface area contributed by atoms with Gasteiger partial charge in [0.05, 0.1) is 5.25 Å². The Kier molecular flexibility index (Phi) is 4.02. The molecule has 0 amide bonds. The Morgan fingerprint density at radius 3 is 2.50 bits per heavy atom. The molecule has 0 unspecified atom stereocenters. The maximum atomic E-state index is 11.6. The summed E-state index contributed by atoms with van der Waals surface area (Å²) in [4.78, 5) is 0. The van der Waals surface area contributed by atoms with Crippen molar-refractivity contribution < 1.29 is 13.5 Å². The summed E-state index contributed by atoms with van der Waals surface area (Å²) in [6.45, 7) is 0.148. The van der Waals surface area contributed by atoms with Crippen molar-refractivity contribution in [3.05, 3.63) is 35.4 Å². The molecule has 5 heteroatoms. The summed E-state index contributed by atoms with van der Waals surface area (Å²) in [5.41, 5.74) is 1.70. The first-order valence-corrected chi connectivity index (χ1v) is 7.33. The van der Waals surface area contributed by atoms with Gasteiger partial charge in [0.25, 0.3) is 0 Å². The van der Waals surface area contributed by atoms with Gasteiger partial charge in [-0.05, 0) is 30.5 Å². The summed E-state index contributed by atoms with van der Waals surface area (Å²) in [6, 6.07) is 7.28. The quantitative estimate of drug-likeness (QED) is 0.784. The summed E-state index contributed by atoms with van der Waals surface area (Å²) in [7, 11) is -3.12. The molecule has 0 bridgehead atoms. The summed E-state index contributed by atoms with van der Waals surface area (Å²) in [5.74, 6) is 5.34. The molecule has 0 spiro atoms. The van der Waals surface area contributed by atoms with E-state index in [1.807, 2.05) is 24.3 Å². The summed E-state index contributed by atoms with van der Waals surface area (Å²) in [5, 5.41) is 8.38. The predicted molar refractivity (Wildman–Crippen MR) is 69.2 cm³/mol. The van der Waals surface area contributed by atoms with Crippen molar-refractivity contribution in [3.8, 4) is 11.8 Å². The predicted octanol–water partition coefficient (Wildman–Crippen LogP) is 0.612. The number of nitrogens with one attached hydrogen (secondary N) is 1. The fraction of sp³-hybridized carbons (Fsp3) is 0.385. The van der Waals surface area contributed by atoms with E-state index in [1.54, 1.807) is 0 Å². The molecule has 0 atom stereocenters. The molecule has 0 aliphatic heterocycles. The maximum Gasteiger partial charge on any atom is 0.214 e. The lowest BCUT2D eigenvalue weighted by Gasteiger charge is -2.05. The van der Waals surface area contributed by atoms with E-state index >= 15 is 0 Å². The van der Waals surface area contributed by atoms with Crippen LogP contribution in [0, 0.1) is 11.8 Å². The molecule has 96 valence electrons. The molecule has 1 fully saturated rings. The second-order valence-corrected chi connectivity index (χ2v) is 6.27. The molecule has 1 aromatic carbocycles. The van der Waals surface area contributed by atoms with Crippen LogP contribution in [-0.2, 0) is 16.6 Å². The van der Waals surface area contributed by atoms with Gasteiger partial charge in [-0.25, -0.2) is 13.1 Å². The molecular formula is C13H15NO3S. The van der Waals surface area contributed by atoms with Crippen LogP contribution >= 0.6 is 0 Å². The van der Waals surface area contributed by atoms with Crippen molar-refractivity contribution in [2.45, 2.75) is 24.6 Å². The van der Waals surface area contributed by atoms with E-state index in [2.05, 4.69) is 16.6 Å². The lowest BCUT2D eigenvalue weighted by atomic mass is 10.1. The van der Waals surface area contributed by atoms with Crippen LogP contribution in [0.2, 0.25) is 0 Å². The Bertz CT molecular complexity index is 562. The number of hydrogen-bond donors (Lipinski definition) is 2. The van der Waals surface area contributed by atoms with Gasteiger partial charge < -0.3 is 5.11 Å². The monoisotopic (exact) mass is 265 g/mol. The third-order valence-electron chi connectivity index (χ3n) is 2.71. The van der Waals surface area contributed by atoms with Crippen LogP contribution in [0.1, 0.15) is 24.0 Å². The zero-order valence-electron chi connectivity index (χ0n) is 9.89. The van der Waals surface area contributed by atoms with E-state index in [-0.39, 0.29) is 11.9 Å². The lowest BCUT2D eigenvalue weighted by Crippen LogP contribution is -2.26. The Balaban J connectivity index is 1.94. The van der Waals surface area contributed by atoms with E-state index in [4.69, 9.17) is 5.11 Å². The molecule has 1 aromatic rings. The van der Waals surface area contributed by atoms with Crippen LogP contribution in [0.4, 0.5) is 0 Å². The average Bonchev–Trinajstić information content (AvgIpc) is 3.20. The van der Waals surface area contributed by atoms with Crippen molar-refractivity contribution >= 4 is 10.0 Å². The average molecular weight is 265 g/mol. The Hall–Kier alpha value is -1.35. The largest absolute Gasteiger partial charge is 0.384 e. The minimum absolute atomic E-state index is 0.164. The normalized spacial score (nSPS) is 14.9. The van der Waals surface area contributed by atoms with Crippen LogP contribution in [0.5, 0.6) is 0 Å². The number of benzene rings is 1. The van der Waals surface area contributed by atoms with Gasteiger partial charge in [0.15, 0.2) is 0 Å². The third-order valence-corrected chi connectivity index (χ3v) is 4.60. The van der Waals surface area contributed by atoms with Crippen molar-refractivity contribution in [1.29, 1.82) is 0 Å². The van der Waals surface area contributed by atoms with Crippen molar-refractivity contribution in [1.82, 2.24) is 4.72 Å². The van der Waals surface area contributed by atoms with E-state index in [0.717, 1.165) is 24.0 Å². The highest BCUT2D eigenvalue weighted by atomic mass is 32.2. The first kappa shape index (κ1) is 13.1. The highest BCUT2D eigenvalue weighted by Crippen LogP contribution is 2.27. The van der Waals surface area contributed by atoms with E-state index in [9.17, 15) is 8.42 Å². The zero-order valence-corrected chi connectivity index (χ0v) is 10.7. The molecular weight excluding hydrogens is 250 g/mol. The topological polar surface area (TPSA) is 66.4 Å². The van der Waals surface area contributed by atoms with Crippen molar-refractivity contribution in [3.63, 3.8) is 0 Å². The van der Waals surface area contributed by atoms with Crippen LogP contribution in [0.25, 0.3) is 0 Å². The molecule has 18 heavy (non-hydrogen) atoms. The number of sulfonamides is 1. The Labute approximate surface area is 107 Å². The fourth-order valence-electron chi connectivity index (χ4n) is 1.53. The van der Waals surface area contributed by atoms with Gasteiger partial charge >= 0.3 is 0 Å². The van der Waals surface area contributed by atoms with Gasteiger partial charge in [0, 0.05) is 12.1 Å². The summed E-state index contributed by atoms with van der Waals surface area (Å²) < 4.78 is 25.8. The third kappa shape index (κ3) is 3.57. The number of hydrogen-bond acceptors (Lipinski definition) is 3. The van der Waals surface area contributed by atoms with Crippen LogP contribution in [0.3, 0.4) is 0 Å². The Morgan fingerprint density at radius 2 is 1.94 bits per heavy atom. The molecule has 0 heterocycles. The van der Waals surface area contributed by atoms with Gasteiger partial charge in [-0.1, -0.05) is 24.0 Å². The summed E-state index contributed by atoms with van der Waals surface area (Å²) in [6.07, 6.45) is 1.54. The maximum absolute atomic E-state index is 11.6. The molecule has 2 N–H and O–H groups in total. The second kappa shape index (κ2) is 5.53. The number of aliphatic hydroxyl groups excluding tert-OH is 1. The Morgan fingerprint density at radius 1 is 1.28 bits per heavy atom. The van der Waals surface area contributed by atoms with Gasteiger partial charge in [0.1, 0.15) is 6.61 Å². The summed E-state index contributed by atoms with van der Waals surface area (Å²) >= 11 is 0. The zero-order chi connectivity index (χ0) is 13.0. The second-order valence-electron chi connectivity index (χ2n) is 4.22. The van der Waals surface area contributed by atoms with Gasteiger partial charge in [0.2, 0.25) is 10.0 Å². The highest BCUT2D eigenvalue weighted by Gasteiger charge is 2.35. The molecule has 1 aliphatic carbocycles. The van der Waals surface area contributed by atoms with Crippen LogP contribution < -0.4 is 4.72 Å². The van der Waals surface area contributed by atoms with Crippen molar-refractivity contribution in [2.75, 3.05) is 6.61 Å². The molecule has 0 aromatic heterocycles.